The van der Waals surface area contributed by atoms with Gasteiger partial charge >= 0.3 is 0 Å². The molecule has 4 rings (SSSR count). The number of para-hydroxylation sites is 1. The summed E-state index contributed by atoms with van der Waals surface area (Å²) in [7, 11) is 0. The van der Waals surface area contributed by atoms with Gasteiger partial charge in [0.15, 0.2) is 0 Å². The molecule has 4 heteroatoms. The predicted molar refractivity (Wildman–Crippen MR) is 99.4 cm³/mol. The van der Waals surface area contributed by atoms with Crippen LogP contribution in [0.15, 0.2) is 48.7 Å². The van der Waals surface area contributed by atoms with Crippen molar-refractivity contribution in [2.75, 3.05) is 24.5 Å². The number of amides is 1. The zero-order chi connectivity index (χ0) is 17.3. The Kier molecular flexibility index (Phi) is 4.30. The zero-order valence-corrected chi connectivity index (χ0v) is 14.8. The summed E-state index contributed by atoms with van der Waals surface area (Å²) >= 11 is 0. The molecule has 0 bridgehead atoms. The van der Waals surface area contributed by atoms with Crippen LogP contribution in [0.3, 0.4) is 0 Å². The molecule has 1 aromatic carbocycles. The van der Waals surface area contributed by atoms with E-state index in [1.807, 2.05) is 23.2 Å². The maximum Gasteiger partial charge on any atom is 0.223 e. The Labute approximate surface area is 149 Å². The number of anilines is 1. The van der Waals surface area contributed by atoms with E-state index in [-0.39, 0.29) is 11.3 Å². The van der Waals surface area contributed by atoms with Gasteiger partial charge < -0.3 is 4.90 Å². The summed E-state index contributed by atoms with van der Waals surface area (Å²) in [6.45, 7) is 5.55. The first-order valence-corrected chi connectivity index (χ1v) is 9.14. The summed E-state index contributed by atoms with van der Waals surface area (Å²) in [5.41, 5.74) is 3.69. The highest BCUT2D eigenvalue weighted by Crippen LogP contribution is 2.42. The Morgan fingerprint density at radius 2 is 2.00 bits per heavy atom. The number of carbonyl (C=O) groups is 1. The third-order valence-electron chi connectivity index (χ3n) is 5.57. The first-order chi connectivity index (χ1) is 12.2. The molecule has 2 aromatic rings. The average molecular weight is 335 g/mol. The largest absolute Gasteiger partial charge is 0.312 e. The second-order valence-corrected chi connectivity index (χ2v) is 7.55. The summed E-state index contributed by atoms with van der Waals surface area (Å²) < 4.78 is 0. The molecule has 0 radical (unpaired) electrons. The maximum absolute atomic E-state index is 12.3. The summed E-state index contributed by atoms with van der Waals surface area (Å²) in [5.74, 6) is 0.147. The molecule has 4 nitrogen and oxygen atoms in total. The molecule has 1 fully saturated rings. The van der Waals surface area contributed by atoms with E-state index in [4.69, 9.17) is 0 Å². The Hall–Kier alpha value is -2.20. The smallest absolute Gasteiger partial charge is 0.223 e. The summed E-state index contributed by atoms with van der Waals surface area (Å²) in [6.07, 6.45) is 5.29. The number of benzene rings is 1. The summed E-state index contributed by atoms with van der Waals surface area (Å²) in [5, 5.41) is 0. The fourth-order valence-electron chi connectivity index (χ4n) is 4.52. The van der Waals surface area contributed by atoms with Gasteiger partial charge in [0, 0.05) is 43.9 Å². The van der Waals surface area contributed by atoms with E-state index >= 15 is 0 Å². The highest BCUT2D eigenvalue weighted by Gasteiger charge is 2.42. The monoisotopic (exact) mass is 335 g/mol. The molecule has 0 saturated carbocycles. The van der Waals surface area contributed by atoms with E-state index in [0.717, 1.165) is 44.0 Å². The van der Waals surface area contributed by atoms with Crippen molar-refractivity contribution in [1.82, 2.24) is 9.88 Å². The molecule has 1 saturated heterocycles. The number of fused-ring (bicyclic) bond motifs is 1. The van der Waals surface area contributed by atoms with Crippen molar-refractivity contribution in [3.05, 3.63) is 59.9 Å². The Morgan fingerprint density at radius 1 is 1.16 bits per heavy atom. The van der Waals surface area contributed by atoms with Crippen LogP contribution >= 0.6 is 0 Å². The van der Waals surface area contributed by atoms with Crippen molar-refractivity contribution >= 4 is 11.6 Å². The second-order valence-electron chi connectivity index (χ2n) is 7.55. The molecule has 1 aromatic heterocycles. The van der Waals surface area contributed by atoms with Crippen LogP contribution in [0.5, 0.6) is 0 Å². The Bertz CT molecular complexity index is 761. The van der Waals surface area contributed by atoms with Crippen LogP contribution in [0, 0.1) is 5.41 Å². The molecule has 25 heavy (non-hydrogen) atoms. The van der Waals surface area contributed by atoms with Crippen LogP contribution in [0.1, 0.15) is 31.0 Å². The summed E-state index contributed by atoms with van der Waals surface area (Å²) in [4.78, 5) is 21.2. The number of piperidine rings is 1. The molecule has 2 aliphatic rings. The van der Waals surface area contributed by atoms with E-state index in [1.54, 1.807) is 6.92 Å². The minimum atomic E-state index is 0.147. The first-order valence-electron chi connectivity index (χ1n) is 9.14. The molecule has 1 amide bonds. The van der Waals surface area contributed by atoms with Crippen molar-refractivity contribution < 1.29 is 4.79 Å². The predicted octanol–water partition coefficient (Wildman–Crippen LogP) is 3.27. The van der Waals surface area contributed by atoms with Crippen LogP contribution in [0.4, 0.5) is 5.69 Å². The number of hydrogen-bond acceptors (Lipinski definition) is 3. The van der Waals surface area contributed by atoms with Gasteiger partial charge in [-0.2, -0.15) is 0 Å². The van der Waals surface area contributed by atoms with Crippen molar-refractivity contribution in [2.45, 2.75) is 32.7 Å². The highest BCUT2D eigenvalue weighted by molar-refractivity contribution is 5.93. The quantitative estimate of drug-likeness (QED) is 0.845. The van der Waals surface area contributed by atoms with E-state index in [2.05, 4.69) is 40.2 Å². The Balaban J connectivity index is 1.58. The molecule has 1 spiro atoms. The van der Waals surface area contributed by atoms with Gasteiger partial charge in [0.05, 0.1) is 5.69 Å². The van der Waals surface area contributed by atoms with Crippen molar-refractivity contribution in [2.24, 2.45) is 5.41 Å². The van der Waals surface area contributed by atoms with Gasteiger partial charge in [-0.05, 0) is 49.6 Å². The normalized spacial score (nSPS) is 23.5. The molecule has 130 valence electrons. The van der Waals surface area contributed by atoms with Gasteiger partial charge in [-0.3, -0.25) is 14.7 Å². The van der Waals surface area contributed by atoms with E-state index < -0.39 is 0 Å². The molecule has 3 heterocycles. The van der Waals surface area contributed by atoms with Crippen molar-refractivity contribution in [1.29, 1.82) is 0 Å². The molecule has 1 atom stereocenters. The van der Waals surface area contributed by atoms with Crippen LogP contribution in [0.25, 0.3) is 0 Å². The van der Waals surface area contributed by atoms with Crippen LogP contribution in [-0.4, -0.2) is 35.4 Å². The average Bonchev–Trinajstić information content (AvgIpc) is 2.62. The number of nitrogens with zero attached hydrogens (tertiary/aromatic N) is 3. The Morgan fingerprint density at radius 3 is 2.80 bits per heavy atom. The van der Waals surface area contributed by atoms with Crippen molar-refractivity contribution in [3.8, 4) is 0 Å². The van der Waals surface area contributed by atoms with Crippen LogP contribution in [-0.2, 0) is 17.8 Å². The van der Waals surface area contributed by atoms with Crippen LogP contribution in [0.2, 0.25) is 0 Å². The third-order valence-corrected chi connectivity index (χ3v) is 5.57. The van der Waals surface area contributed by atoms with E-state index in [1.165, 1.54) is 18.4 Å². The molecule has 0 N–H and O–H groups in total. The van der Waals surface area contributed by atoms with Gasteiger partial charge in [-0.25, -0.2) is 0 Å². The molecule has 0 aliphatic carbocycles. The first kappa shape index (κ1) is 16.3. The van der Waals surface area contributed by atoms with Crippen molar-refractivity contribution in [3.63, 3.8) is 0 Å². The van der Waals surface area contributed by atoms with Gasteiger partial charge in [-0.1, -0.05) is 24.3 Å². The van der Waals surface area contributed by atoms with Crippen LogP contribution < -0.4 is 4.90 Å². The van der Waals surface area contributed by atoms with E-state index in [9.17, 15) is 4.79 Å². The van der Waals surface area contributed by atoms with E-state index in [0.29, 0.717) is 0 Å². The molecular formula is C21H25N3O. The lowest BCUT2D eigenvalue weighted by atomic mass is 9.72. The molecular weight excluding hydrogens is 310 g/mol. The molecule has 1 unspecified atom stereocenters. The molecule has 2 aliphatic heterocycles. The second kappa shape index (κ2) is 6.60. The third kappa shape index (κ3) is 3.31. The zero-order valence-electron chi connectivity index (χ0n) is 14.8. The van der Waals surface area contributed by atoms with Gasteiger partial charge in [0.1, 0.15) is 0 Å². The number of likely N-dealkylation sites (tertiary alicyclic amines) is 1. The fourth-order valence-corrected chi connectivity index (χ4v) is 4.52. The number of aromatic nitrogens is 1. The standard InChI is InChI=1S/C21H25N3O/c1-17(25)24-16-21(13-18-7-2-3-9-20(18)24)10-6-12-23(15-21)14-19-8-4-5-11-22-19/h2-5,7-9,11H,6,10,12-16H2,1H3. The van der Waals surface area contributed by atoms with Gasteiger partial charge in [0.25, 0.3) is 0 Å². The number of pyridine rings is 1. The number of carbonyl (C=O) groups excluding carboxylic acids is 1. The minimum Gasteiger partial charge on any atom is -0.312 e. The summed E-state index contributed by atoms with van der Waals surface area (Å²) in [6, 6.07) is 14.5. The number of hydrogen-bond donors (Lipinski definition) is 0. The van der Waals surface area contributed by atoms with Gasteiger partial charge in [0.2, 0.25) is 5.91 Å². The lowest BCUT2D eigenvalue weighted by molar-refractivity contribution is -0.117. The highest BCUT2D eigenvalue weighted by atomic mass is 16.2. The topological polar surface area (TPSA) is 36.4 Å². The SMILES string of the molecule is CC(=O)N1CC2(CCCN(Cc3ccccn3)C2)Cc2ccccc21. The fraction of sp³-hybridized carbons (Fsp3) is 0.429. The minimum absolute atomic E-state index is 0.147. The van der Waals surface area contributed by atoms with Gasteiger partial charge in [-0.15, -0.1) is 0 Å². The number of rotatable bonds is 2. The maximum atomic E-state index is 12.3. The lowest BCUT2D eigenvalue weighted by Crippen LogP contribution is -2.53. The lowest BCUT2D eigenvalue weighted by Gasteiger charge is -2.48.